The molecule has 106 valence electrons. The number of carbonyl (C=O) groups is 1. The van der Waals surface area contributed by atoms with Gasteiger partial charge in [0.05, 0.1) is 19.6 Å². The summed E-state index contributed by atoms with van der Waals surface area (Å²) in [6.07, 6.45) is 0.599. The van der Waals surface area contributed by atoms with Crippen LogP contribution in [0.2, 0.25) is 0 Å². The molecule has 6 heteroatoms. The summed E-state index contributed by atoms with van der Waals surface area (Å²) in [6, 6.07) is 8.96. The van der Waals surface area contributed by atoms with Crippen molar-refractivity contribution < 1.29 is 18.6 Å². The lowest BCUT2D eigenvalue weighted by atomic mass is 10.3. The predicted octanol–water partition coefficient (Wildman–Crippen LogP) is 3.36. The summed E-state index contributed by atoms with van der Waals surface area (Å²) in [4.78, 5) is 11.7. The van der Waals surface area contributed by atoms with E-state index < -0.39 is 6.49 Å². The highest BCUT2D eigenvalue weighted by molar-refractivity contribution is 8.09. The van der Waals surface area contributed by atoms with Gasteiger partial charge in [-0.15, -0.1) is 0 Å². The van der Waals surface area contributed by atoms with Gasteiger partial charge in [-0.2, -0.15) is 0 Å². The third-order valence-electron chi connectivity index (χ3n) is 2.22. The Bertz CT molecular complexity index is 426. The summed E-state index contributed by atoms with van der Waals surface area (Å²) in [5.74, 6) is 0.216. The number of carbonyl (C=O) groups excluding carboxylic acids is 1. The fraction of sp³-hybridized carbons (Fsp3) is 0.462. The summed E-state index contributed by atoms with van der Waals surface area (Å²) in [7, 11) is 0. The van der Waals surface area contributed by atoms with Crippen molar-refractivity contribution in [3.05, 3.63) is 30.3 Å². The van der Waals surface area contributed by atoms with E-state index in [4.69, 9.17) is 25.6 Å². The summed E-state index contributed by atoms with van der Waals surface area (Å²) >= 11 is 5.34. The zero-order valence-corrected chi connectivity index (χ0v) is 12.9. The zero-order valence-electron chi connectivity index (χ0n) is 11.2. The Morgan fingerprint density at radius 2 is 1.74 bits per heavy atom. The standard InChI is InChI=1S/C13H19O4PS/c1-3-15-18(19,16-4-2)11-10-13(14)17-12-8-6-5-7-9-12/h5-9H,3-4,10-11H2,1-2H3. The van der Waals surface area contributed by atoms with Gasteiger partial charge in [-0.05, 0) is 37.8 Å². The summed E-state index contributed by atoms with van der Waals surface area (Å²) < 4.78 is 16.1. The van der Waals surface area contributed by atoms with Crippen LogP contribution in [0.1, 0.15) is 20.3 Å². The number of benzene rings is 1. The minimum atomic E-state index is -2.35. The highest BCUT2D eigenvalue weighted by atomic mass is 32.5. The van der Waals surface area contributed by atoms with Crippen LogP contribution in [-0.2, 0) is 25.6 Å². The second kappa shape index (κ2) is 8.43. The molecule has 0 saturated carbocycles. The normalized spacial score (nSPS) is 11.3. The Balaban J connectivity index is 2.46. The monoisotopic (exact) mass is 302 g/mol. The van der Waals surface area contributed by atoms with E-state index in [1.807, 2.05) is 32.0 Å². The molecule has 0 aromatic heterocycles. The van der Waals surface area contributed by atoms with Crippen molar-refractivity contribution >= 4 is 24.3 Å². The average Bonchev–Trinajstić information content (AvgIpc) is 2.38. The van der Waals surface area contributed by atoms with E-state index in [9.17, 15) is 4.79 Å². The van der Waals surface area contributed by atoms with Crippen LogP contribution in [0, 0.1) is 0 Å². The number of esters is 1. The zero-order chi connectivity index (χ0) is 14.1. The van der Waals surface area contributed by atoms with Gasteiger partial charge in [-0.3, -0.25) is 4.79 Å². The highest BCUT2D eigenvalue weighted by Gasteiger charge is 2.20. The van der Waals surface area contributed by atoms with Crippen molar-refractivity contribution in [2.45, 2.75) is 20.3 Å². The van der Waals surface area contributed by atoms with Crippen LogP contribution in [0.3, 0.4) is 0 Å². The van der Waals surface area contributed by atoms with Crippen LogP contribution in [0.25, 0.3) is 0 Å². The van der Waals surface area contributed by atoms with Gasteiger partial charge in [-0.1, -0.05) is 18.2 Å². The molecule has 0 spiro atoms. The first-order valence-corrected chi connectivity index (χ1v) is 9.06. The van der Waals surface area contributed by atoms with Gasteiger partial charge >= 0.3 is 5.97 Å². The Morgan fingerprint density at radius 1 is 1.16 bits per heavy atom. The number of hydrogen-bond acceptors (Lipinski definition) is 5. The van der Waals surface area contributed by atoms with Gasteiger partial charge in [0.15, 0.2) is 6.49 Å². The molecule has 0 aliphatic rings. The van der Waals surface area contributed by atoms with E-state index in [0.29, 0.717) is 25.1 Å². The van der Waals surface area contributed by atoms with Gasteiger partial charge in [0.1, 0.15) is 5.75 Å². The highest BCUT2D eigenvalue weighted by Crippen LogP contribution is 2.48. The topological polar surface area (TPSA) is 44.8 Å². The van der Waals surface area contributed by atoms with Crippen LogP contribution in [0.15, 0.2) is 30.3 Å². The Labute approximate surface area is 119 Å². The van der Waals surface area contributed by atoms with Crippen LogP contribution < -0.4 is 4.74 Å². The molecule has 0 aliphatic carbocycles. The fourth-order valence-electron chi connectivity index (χ4n) is 1.46. The van der Waals surface area contributed by atoms with Gasteiger partial charge < -0.3 is 13.8 Å². The Morgan fingerprint density at radius 3 is 2.26 bits per heavy atom. The van der Waals surface area contributed by atoms with Crippen molar-refractivity contribution in [3.63, 3.8) is 0 Å². The number of rotatable bonds is 8. The van der Waals surface area contributed by atoms with Gasteiger partial charge in [0, 0.05) is 6.16 Å². The van der Waals surface area contributed by atoms with Crippen molar-refractivity contribution in [2.24, 2.45) is 0 Å². The predicted molar refractivity (Wildman–Crippen MR) is 79.1 cm³/mol. The van der Waals surface area contributed by atoms with Crippen LogP contribution in [-0.4, -0.2) is 25.3 Å². The smallest absolute Gasteiger partial charge is 0.311 e. The van der Waals surface area contributed by atoms with E-state index in [1.165, 1.54) is 0 Å². The molecular weight excluding hydrogens is 283 g/mol. The minimum absolute atomic E-state index is 0.201. The number of para-hydroxylation sites is 1. The molecule has 1 aromatic carbocycles. The van der Waals surface area contributed by atoms with E-state index in [1.54, 1.807) is 12.1 Å². The average molecular weight is 302 g/mol. The Hall–Kier alpha value is -0.740. The van der Waals surface area contributed by atoms with Crippen molar-refractivity contribution in [1.82, 2.24) is 0 Å². The van der Waals surface area contributed by atoms with Gasteiger partial charge in [0.2, 0.25) is 0 Å². The number of ether oxygens (including phenoxy) is 1. The molecular formula is C13H19O4PS. The molecule has 0 amide bonds. The molecule has 0 bridgehead atoms. The molecule has 0 aliphatic heterocycles. The summed E-state index contributed by atoms with van der Waals surface area (Å²) in [5.41, 5.74) is 0. The lowest BCUT2D eigenvalue weighted by Gasteiger charge is -2.20. The lowest BCUT2D eigenvalue weighted by molar-refractivity contribution is -0.133. The van der Waals surface area contributed by atoms with Gasteiger partial charge in [0.25, 0.3) is 0 Å². The van der Waals surface area contributed by atoms with E-state index in [-0.39, 0.29) is 12.4 Å². The second-order valence-electron chi connectivity index (χ2n) is 3.71. The minimum Gasteiger partial charge on any atom is -0.427 e. The first-order chi connectivity index (χ1) is 9.09. The third-order valence-corrected chi connectivity index (χ3v) is 5.47. The van der Waals surface area contributed by atoms with Crippen LogP contribution in [0.5, 0.6) is 5.75 Å². The first kappa shape index (κ1) is 16.3. The Kier molecular flexibility index (Phi) is 7.24. The molecule has 0 unspecified atom stereocenters. The first-order valence-electron chi connectivity index (χ1n) is 6.23. The maximum atomic E-state index is 11.7. The molecule has 0 atom stereocenters. The van der Waals surface area contributed by atoms with Gasteiger partial charge in [-0.25, -0.2) is 0 Å². The SMILES string of the molecule is CCOP(=S)(CCC(=O)Oc1ccccc1)OCC. The quantitative estimate of drug-likeness (QED) is 0.418. The molecule has 0 fully saturated rings. The molecule has 0 radical (unpaired) electrons. The molecule has 0 saturated heterocycles. The maximum absolute atomic E-state index is 11.7. The molecule has 1 rings (SSSR count). The fourth-order valence-corrected chi connectivity index (χ4v) is 3.94. The molecule has 1 aromatic rings. The molecule has 0 N–H and O–H groups in total. The molecule has 19 heavy (non-hydrogen) atoms. The van der Waals surface area contributed by atoms with E-state index in [2.05, 4.69) is 0 Å². The third kappa shape index (κ3) is 6.30. The van der Waals surface area contributed by atoms with Crippen molar-refractivity contribution in [3.8, 4) is 5.75 Å². The summed E-state index contributed by atoms with van der Waals surface area (Å²) in [6.45, 7) is 2.36. The molecule has 4 nitrogen and oxygen atoms in total. The number of hydrogen-bond donors (Lipinski definition) is 0. The van der Waals surface area contributed by atoms with Crippen LogP contribution in [0.4, 0.5) is 0 Å². The maximum Gasteiger partial charge on any atom is 0.311 e. The van der Waals surface area contributed by atoms with E-state index >= 15 is 0 Å². The lowest BCUT2D eigenvalue weighted by Crippen LogP contribution is -2.11. The van der Waals surface area contributed by atoms with Crippen molar-refractivity contribution in [1.29, 1.82) is 0 Å². The van der Waals surface area contributed by atoms with E-state index in [0.717, 1.165) is 0 Å². The largest absolute Gasteiger partial charge is 0.427 e. The second-order valence-corrected chi connectivity index (χ2v) is 7.56. The summed E-state index contributed by atoms with van der Waals surface area (Å²) in [5, 5.41) is 0. The molecule has 0 heterocycles. The van der Waals surface area contributed by atoms with Crippen molar-refractivity contribution in [2.75, 3.05) is 19.4 Å². The van der Waals surface area contributed by atoms with Crippen LogP contribution >= 0.6 is 6.49 Å².